The molecule has 0 radical (unpaired) electrons. The zero-order valence-corrected chi connectivity index (χ0v) is 6.30. The highest BCUT2D eigenvalue weighted by Crippen LogP contribution is 2.19. The maximum Gasteiger partial charge on any atom is 0.343 e. The Morgan fingerprint density at radius 1 is 1.23 bits per heavy atom. The molecule has 0 aliphatic heterocycles. The summed E-state index contributed by atoms with van der Waals surface area (Å²) in [5.41, 5.74) is -0.537. The number of aliphatic carboxylic acids is 1. The predicted molar refractivity (Wildman–Crippen MR) is 37.8 cm³/mol. The Labute approximate surface area is 71.6 Å². The summed E-state index contributed by atoms with van der Waals surface area (Å²) in [5.74, 6) is -3.78. The standard InChI is InChI=1S/C8H5F3O2/c9-5-1-4(2-6(10)3-5)7(11)8(12)13/h1-3,7H,(H,12,13). The molecule has 0 saturated heterocycles. The average Bonchev–Trinajstić information content (AvgIpc) is 2.01. The normalized spacial score (nSPS) is 12.5. The minimum Gasteiger partial charge on any atom is -0.479 e. The second-order valence-electron chi connectivity index (χ2n) is 2.40. The van der Waals surface area contributed by atoms with Crippen molar-refractivity contribution in [3.63, 3.8) is 0 Å². The largest absolute Gasteiger partial charge is 0.479 e. The lowest BCUT2D eigenvalue weighted by molar-refractivity contribution is -0.143. The van der Waals surface area contributed by atoms with Gasteiger partial charge in [-0.25, -0.2) is 18.0 Å². The first kappa shape index (κ1) is 9.57. The molecule has 1 rings (SSSR count). The van der Waals surface area contributed by atoms with E-state index < -0.39 is 29.3 Å². The molecule has 1 N–H and O–H groups in total. The Kier molecular flexibility index (Phi) is 2.55. The van der Waals surface area contributed by atoms with Crippen molar-refractivity contribution in [1.82, 2.24) is 0 Å². The van der Waals surface area contributed by atoms with Crippen LogP contribution in [0.4, 0.5) is 13.2 Å². The number of benzene rings is 1. The molecular formula is C8H5F3O2. The second-order valence-corrected chi connectivity index (χ2v) is 2.40. The number of carboxylic acids is 1. The van der Waals surface area contributed by atoms with Gasteiger partial charge in [0.05, 0.1) is 0 Å². The SMILES string of the molecule is O=C(O)C(F)c1cc(F)cc(F)c1. The highest BCUT2D eigenvalue weighted by molar-refractivity contribution is 5.74. The molecule has 13 heavy (non-hydrogen) atoms. The zero-order valence-electron chi connectivity index (χ0n) is 6.30. The smallest absolute Gasteiger partial charge is 0.343 e. The topological polar surface area (TPSA) is 37.3 Å². The van der Waals surface area contributed by atoms with Crippen molar-refractivity contribution in [2.45, 2.75) is 6.17 Å². The summed E-state index contributed by atoms with van der Waals surface area (Å²) >= 11 is 0. The monoisotopic (exact) mass is 190 g/mol. The lowest BCUT2D eigenvalue weighted by Gasteiger charge is -2.02. The van der Waals surface area contributed by atoms with Crippen LogP contribution in [0.2, 0.25) is 0 Å². The van der Waals surface area contributed by atoms with Crippen LogP contribution in [0.1, 0.15) is 11.7 Å². The second kappa shape index (κ2) is 3.47. The molecule has 1 unspecified atom stereocenters. The lowest BCUT2D eigenvalue weighted by atomic mass is 10.1. The number of alkyl halides is 1. The van der Waals surface area contributed by atoms with Gasteiger partial charge in [-0.1, -0.05) is 0 Å². The Bertz CT molecular complexity index is 318. The number of hydrogen-bond acceptors (Lipinski definition) is 1. The van der Waals surface area contributed by atoms with Crippen LogP contribution in [0.5, 0.6) is 0 Å². The number of carbonyl (C=O) groups is 1. The van der Waals surface area contributed by atoms with Gasteiger partial charge in [0.25, 0.3) is 0 Å². The van der Waals surface area contributed by atoms with Crippen LogP contribution < -0.4 is 0 Å². The molecule has 0 aliphatic rings. The van der Waals surface area contributed by atoms with Crippen LogP contribution in [0, 0.1) is 11.6 Å². The summed E-state index contributed by atoms with van der Waals surface area (Å²) in [6.45, 7) is 0. The quantitative estimate of drug-likeness (QED) is 0.774. The van der Waals surface area contributed by atoms with Gasteiger partial charge in [0.2, 0.25) is 6.17 Å². The maximum absolute atomic E-state index is 12.7. The van der Waals surface area contributed by atoms with Gasteiger partial charge in [0.1, 0.15) is 11.6 Å². The van der Waals surface area contributed by atoms with Crippen LogP contribution >= 0.6 is 0 Å². The van der Waals surface area contributed by atoms with E-state index in [1.807, 2.05) is 0 Å². The third-order valence-electron chi connectivity index (χ3n) is 1.39. The minimum atomic E-state index is -2.40. The Morgan fingerprint density at radius 2 is 1.69 bits per heavy atom. The first-order valence-corrected chi connectivity index (χ1v) is 3.33. The van der Waals surface area contributed by atoms with Crippen molar-refractivity contribution in [3.05, 3.63) is 35.4 Å². The van der Waals surface area contributed by atoms with E-state index in [4.69, 9.17) is 5.11 Å². The Morgan fingerprint density at radius 3 is 2.08 bits per heavy atom. The van der Waals surface area contributed by atoms with Crippen molar-refractivity contribution in [3.8, 4) is 0 Å². The molecule has 1 atom stereocenters. The van der Waals surface area contributed by atoms with E-state index in [-0.39, 0.29) is 0 Å². The molecule has 0 fully saturated rings. The fourth-order valence-corrected chi connectivity index (χ4v) is 0.864. The molecule has 5 heteroatoms. The van der Waals surface area contributed by atoms with E-state index >= 15 is 0 Å². The van der Waals surface area contributed by atoms with E-state index in [0.29, 0.717) is 18.2 Å². The summed E-state index contributed by atoms with van der Waals surface area (Å²) in [6.07, 6.45) is -2.40. The van der Waals surface area contributed by atoms with Crippen LogP contribution in [-0.4, -0.2) is 11.1 Å². The van der Waals surface area contributed by atoms with Gasteiger partial charge in [0, 0.05) is 11.6 Å². The molecule has 0 heterocycles. The lowest BCUT2D eigenvalue weighted by Crippen LogP contribution is -2.06. The van der Waals surface area contributed by atoms with Crippen molar-refractivity contribution < 1.29 is 23.1 Å². The predicted octanol–water partition coefficient (Wildman–Crippen LogP) is 2.06. The van der Waals surface area contributed by atoms with Gasteiger partial charge in [-0.05, 0) is 12.1 Å². The van der Waals surface area contributed by atoms with Gasteiger partial charge >= 0.3 is 5.97 Å². The summed E-state index contributed by atoms with van der Waals surface area (Å²) in [4.78, 5) is 10.1. The first-order chi connectivity index (χ1) is 6.00. The maximum atomic E-state index is 12.7. The van der Waals surface area contributed by atoms with Crippen molar-refractivity contribution in [2.75, 3.05) is 0 Å². The Balaban J connectivity index is 3.07. The molecule has 0 aliphatic carbocycles. The number of halogens is 3. The average molecular weight is 190 g/mol. The molecule has 0 aromatic heterocycles. The fraction of sp³-hybridized carbons (Fsp3) is 0.125. The van der Waals surface area contributed by atoms with Crippen LogP contribution in [-0.2, 0) is 4.79 Å². The molecular weight excluding hydrogens is 185 g/mol. The molecule has 1 aromatic carbocycles. The first-order valence-electron chi connectivity index (χ1n) is 3.33. The third kappa shape index (κ3) is 2.21. The summed E-state index contributed by atoms with van der Waals surface area (Å²) in [6, 6.07) is 1.82. The molecule has 0 saturated carbocycles. The van der Waals surface area contributed by atoms with Gasteiger partial charge < -0.3 is 5.11 Å². The Hall–Kier alpha value is -1.52. The fourth-order valence-electron chi connectivity index (χ4n) is 0.864. The van der Waals surface area contributed by atoms with Crippen LogP contribution in [0.3, 0.4) is 0 Å². The van der Waals surface area contributed by atoms with Crippen molar-refractivity contribution >= 4 is 5.97 Å². The minimum absolute atomic E-state index is 0.537. The molecule has 70 valence electrons. The summed E-state index contributed by atoms with van der Waals surface area (Å²) in [7, 11) is 0. The van der Waals surface area contributed by atoms with Crippen LogP contribution in [0.15, 0.2) is 18.2 Å². The van der Waals surface area contributed by atoms with Crippen molar-refractivity contribution in [2.24, 2.45) is 0 Å². The van der Waals surface area contributed by atoms with Gasteiger partial charge in [0.15, 0.2) is 0 Å². The molecule has 1 aromatic rings. The molecule has 2 nitrogen and oxygen atoms in total. The molecule has 0 bridgehead atoms. The number of hydrogen-bond donors (Lipinski definition) is 1. The highest BCUT2D eigenvalue weighted by atomic mass is 19.1. The van der Waals surface area contributed by atoms with E-state index in [2.05, 4.69) is 0 Å². The van der Waals surface area contributed by atoms with Gasteiger partial charge in [-0.15, -0.1) is 0 Å². The van der Waals surface area contributed by atoms with E-state index in [0.717, 1.165) is 0 Å². The zero-order chi connectivity index (χ0) is 10.0. The van der Waals surface area contributed by atoms with E-state index in [1.165, 1.54) is 0 Å². The highest BCUT2D eigenvalue weighted by Gasteiger charge is 2.19. The summed E-state index contributed by atoms with van der Waals surface area (Å²) in [5, 5.41) is 8.20. The molecule has 0 spiro atoms. The van der Waals surface area contributed by atoms with E-state index in [9.17, 15) is 18.0 Å². The molecule has 0 amide bonds. The third-order valence-corrected chi connectivity index (χ3v) is 1.39. The summed E-state index contributed by atoms with van der Waals surface area (Å²) < 4.78 is 37.6. The van der Waals surface area contributed by atoms with Gasteiger partial charge in [-0.3, -0.25) is 0 Å². The van der Waals surface area contributed by atoms with Crippen molar-refractivity contribution in [1.29, 1.82) is 0 Å². The number of carboxylic acid groups (broad SMARTS) is 1. The van der Waals surface area contributed by atoms with Crippen LogP contribution in [0.25, 0.3) is 0 Å². The van der Waals surface area contributed by atoms with E-state index in [1.54, 1.807) is 0 Å². The van der Waals surface area contributed by atoms with Gasteiger partial charge in [-0.2, -0.15) is 0 Å². The number of rotatable bonds is 2.